The summed E-state index contributed by atoms with van der Waals surface area (Å²) in [5.41, 5.74) is 0.619. The second-order valence-corrected chi connectivity index (χ2v) is 8.51. The molecule has 3 atom stereocenters. The first-order chi connectivity index (χ1) is 15.1. The van der Waals surface area contributed by atoms with E-state index in [9.17, 15) is 22.8 Å². The molecule has 0 spiro atoms. The molecule has 32 heavy (non-hydrogen) atoms. The molecule has 0 aliphatic carbocycles. The molecule has 3 aliphatic heterocycles. The summed E-state index contributed by atoms with van der Waals surface area (Å²) >= 11 is 0. The molecule has 2 amide bonds. The van der Waals surface area contributed by atoms with E-state index in [-0.39, 0.29) is 11.8 Å². The molecule has 0 radical (unpaired) electrons. The Hall–Kier alpha value is -2.56. The number of carbonyl (C=O) groups is 3. The largest absolute Gasteiger partial charge is 0.490 e. The van der Waals surface area contributed by atoms with Crippen LogP contribution in [0.1, 0.15) is 43.0 Å². The number of nitrogens with zero attached hydrogens (tertiary/aromatic N) is 3. The molecule has 1 aromatic heterocycles. The lowest BCUT2D eigenvalue weighted by Crippen LogP contribution is -2.51. The van der Waals surface area contributed by atoms with Gasteiger partial charge in [-0.15, -0.1) is 0 Å². The van der Waals surface area contributed by atoms with Gasteiger partial charge in [-0.05, 0) is 50.8 Å². The van der Waals surface area contributed by atoms with E-state index >= 15 is 0 Å². The second-order valence-electron chi connectivity index (χ2n) is 8.51. The van der Waals surface area contributed by atoms with Crippen LogP contribution >= 0.6 is 0 Å². The van der Waals surface area contributed by atoms with Crippen LogP contribution in [0.2, 0.25) is 0 Å². The van der Waals surface area contributed by atoms with E-state index in [1.165, 1.54) is 19.1 Å². The molecule has 0 bridgehead atoms. The average molecular weight is 459 g/mol. The number of carboxylic acid groups (broad SMARTS) is 1. The number of carbonyl (C=O) groups excluding carboxylic acids is 2. The Balaban J connectivity index is 0.000000360. The van der Waals surface area contributed by atoms with Gasteiger partial charge in [-0.1, -0.05) is 0 Å². The SMILES string of the molecule is CC(=O)N1C(CN2CCCC2)C[C@@H]2CN(C(=O)c3ccoc3)CC[C@@H]21.O=C(O)C(F)(F)F. The van der Waals surface area contributed by atoms with Crippen molar-refractivity contribution >= 4 is 17.8 Å². The van der Waals surface area contributed by atoms with Crippen LogP contribution in [0.4, 0.5) is 13.2 Å². The number of carboxylic acids is 1. The highest BCUT2D eigenvalue weighted by Gasteiger charge is 2.46. The summed E-state index contributed by atoms with van der Waals surface area (Å²) < 4.78 is 36.8. The number of halogens is 3. The van der Waals surface area contributed by atoms with Gasteiger partial charge in [0.2, 0.25) is 5.91 Å². The first-order valence-corrected chi connectivity index (χ1v) is 10.7. The predicted molar refractivity (Wildman–Crippen MR) is 107 cm³/mol. The Morgan fingerprint density at radius 3 is 2.38 bits per heavy atom. The molecule has 8 nitrogen and oxygen atoms in total. The number of piperidine rings is 1. The summed E-state index contributed by atoms with van der Waals surface area (Å²) in [6.07, 6.45) is 2.40. The summed E-state index contributed by atoms with van der Waals surface area (Å²) in [5.74, 6) is -2.13. The van der Waals surface area contributed by atoms with E-state index in [0.717, 1.165) is 39.0 Å². The van der Waals surface area contributed by atoms with Crippen LogP contribution in [0, 0.1) is 5.92 Å². The molecule has 0 aromatic carbocycles. The third-order valence-corrected chi connectivity index (χ3v) is 6.35. The fraction of sp³-hybridized carbons (Fsp3) is 0.667. The Labute approximate surface area is 183 Å². The zero-order valence-electron chi connectivity index (χ0n) is 17.9. The first kappa shape index (κ1) is 24.1. The van der Waals surface area contributed by atoms with Crippen molar-refractivity contribution in [2.45, 2.75) is 50.9 Å². The van der Waals surface area contributed by atoms with E-state index in [2.05, 4.69) is 9.80 Å². The molecule has 4 heterocycles. The van der Waals surface area contributed by atoms with Crippen LogP contribution in [0.25, 0.3) is 0 Å². The van der Waals surface area contributed by atoms with Crippen molar-refractivity contribution in [3.63, 3.8) is 0 Å². The predicted octanol–water partition coefficient (Wildman–Crippen LogP) is 2.46. The summed E-state index contributed by atoms with van der Waals surface area (Å²) in [6.45, 7) is 6.45. The lowest BCUT2D eigenvalue weighted by molar-refractivity contribution is -0.192. The minimum atomic E-state index is -5.08. The van der Waals surface area contributed by atoms with Crippen molar-refractivity contribution in [1.82, 2.24) is 14.7 Å². The summed E-state index contributed by atoms with van der Waals surface area (Å²) in [5, 5.41) is 7.12. The first-order valence-electron chi connectivity index (χ1n) is 10.7. The topological polar surface area (TPSA) is 94.3 Å². The standard InChI is InChI=1S/C19H27N3O3.C2HF3O2/c1-14(23)22-17(12-20-6-2-3-7-20)10-16-11-21(8-4-18(16)22)19(24)15-5-9-25-13-15;3-2(4,5)1(6)7/h5,9,13,16-18H,2-4,6-8,10-12H2,1H3;(H,6,7)/t16-,17?,18+;/m1./s1. The zero-order valence-corrected chi connectivity index (χ0v) is 17.9. The van der Waals surface area contributed by atoms with Gasteiger partial charge in [-0.25, -0.2) is 4.79 Å². The number of likely N-dealkylation sites (tertiary alicyclic amines) is 3. The minimum absolute atomic E-state index is 0.0459. The quantitative estimate of drug-likeness (QED) is 0.747. The van der Waals surface area contributed by atoms with Gasteiger partial charge in [0, 0.05) is 38.6 Å². The minimum Gasteiger partial charge on any atom is -0.475 e. The van der Waals surface area contributed by atoms with Gasteiger partial charge in [0.25, 0.3) is 5.91 Å². The fourth-order valence-corrected chi connectivity index (χ4v) is 5.02. The molecule has 4 rings (SSSR count). The molecule has 3 fully saturated rings. The third-order valence-electron chi connectivity index (χ3n) is 6.35. The smallest absolute Gasteiger partial charge is 0.475 e. The summed E-state index contributed by atoms with van der Waals surface area (Å²) in [4.78, 5) is 40.4. The number of alkyl halides is 3. The van der Waals surface area contributed by atoms with E-state index in [0.29, 0.717) is 30.1 Å². The van der Waals surface area contributed by atoms with Crippen molar-refractivity contribution in [1.29, 1.82) is 0 Å². The lowest BCUT2D eigenvalue weighted by Gasteiger charge is -2.38. The molecular weight excluding hydrogens is 431 g/mol. The molecule has 3 aliphatic rings. The van der Waals surface area contributed by atoms with Crippen molar-refractivity contribution in [2.75, 3.05) is 32.7 Å². The van der Waals surface area contributed by atoms with Crippen LogP contribution in [-0.4, -0.2) is 88.6 Å². The molecule has 1 aromatic rings. The van der Waals surface area contributed by atoms with E-state index < -0.39 is 12.1 Å². The molecule has 0 saturated carbocycles. The van der Waals surface area contributed by atoms with Crippen LogP contribution in [-0.2, 0) is 9.59 Å². The van der Waals surface area contributed by atoms with E-state index in [1.807, 2.05) is 4.90 Å². The number of amides is 2. The van der Waals surface area contributed by atoms with Gasteiger partial charge < -0.3 is 24.2 Å². The normalized spacial score (nSPS) is 25.8. The highest BCUT2D eigenvalue weighted by Crippen LogP contribution is 2.37. The van der Waals surface area contributed by atoms with Crippen LogP contribution < -0.4 is 0 Å². The Kier molecular flexibility index (Phi) is 7.47. The van der Waals surface area contributed by atoms with Crippen molar-refractivity contribution in [2.24, 2.45) is 5.92 Å². The number of hydrogen-bond donors (Lipinski definition) is 1. The number of aliphatic carboxylic acids is 1. The molecule has 178 valence electrons. The van der Waals surface area contributed by atoms with Crippen LogP contribution in [0.5, 0.6) is 0 Å². The second kappa shape index (κ2) is 9.93. The zero-order chi connectivity index (χ0) is 23.5. The highest BCUT2D eigenvalue weighted by atomic mass is 19.4. The van der Waals surface area contributed by atoms with Gasteiger partial charge in [0.05, 0.1) is 11.8 Å². The van der Waals surface area contributed by atoms with Gasteiger partial charge in [0.15, 0.2) is 0 Å². The van der Waals surface area contributed by atoms with Gasteiger partial charge in [-0.3, -0.25) is 9.59 Å². The lowest BCUT2D eigenvalue weighted by atomic mass is 9.91. The maximum Gasteiger partial charge on any atom is 0.490 e. The van der Waals surface area contributed by atoms with E-state index in [1.54, 1.807) is 19.3 Å². The van der Waals surface area contributed by atoms with Crippen LogP contribution in [0.15, 0.2) is 23.0 Å². The summed E-state index contributed by atoms with van der Waals surface area (Å²) in [6, 6.07) is 2.31. The molecule has 1 unspecified atom stereocenters. The highest BCUT2D eigenvalue weighted by molar-refractivity contribution is 5.93. The third kappa shape index (κ3) is 5.62. The monoisotopic (exact) mass is 459 g/mol. The number of fused-ring (bicyclic) bond motifs is 1. The van der Waals surface area contributed by atoms with Crippen molar-refractivity contribution in [3.8, 4) is 0 Å². The maximum absolute atomic E-state index is 12.6. The van der Waals surface area contributed by atoms with Gasteiger partial charge >= 0.3 is 12.1 Å². The Morgan fingerprint density at radius 1 is 1.19 bits per heavy atom. The maximum atomic E-state index is 12.6. The molecule has 3 saturated heterocycles. The van der Waals surface area contributed by atoms with Crippen LogP contribution in [0.3, 0.4) is 0 Å². The van der Waals surface area contributed by atoms with Crippen molar-refractivity contribution in [3.05, 3.63) is 24.2 Å². The van der Waals surface area contributed by atoms with Gasteiger partial charge in [0.1, 0.15) is 6.26 Å². The van der Waals surface area contributed by atoms with Gasteiger partial charge in [-0.2, -0.15) is 13.2 Å². The molecule has 1 N–H and O–H groups in total. The number of hydrogen-bond acceptors (Lipinski definition) is 5. The summed E-state index contributed by atoms with van der Waals surface area (Å²) in [7, 11) is 0. The molecule has 11 heteroatoms. The molecular formula is C21H28F3N3O5. The number of furan rings is 1. The number of rotatable bonds is 3. The average Bonchev–Trinajstić information content (AvgIpc) is 3.47. The Morgan fingerprint density at radius 2 is 1.84 bits per heavy atom. The fourth-order valence-electron chi connectivity index (χ4n) is 5.02. The Bertz CT molecular complexity index is 808. The van der Waals surface area contributed by atoms with E-state index in [4.69, 9.17) is 14.3 Å². The van der Waals surface area contributed by atoms with Crippen molar-refractivity contribution < 1.29 is 37.1 Å².